The first kappa shape index (κ1) is 67.5. The number of carbonyl (C=O) groups is 1. The number of aliphatic hydroxyl groups is 1. The molecule has 0 aromatic carbocycles. The Kier molecular flexibility index (Phi) is 51.0. The number of unbranched alkanes of at least 4 members (excludes halogenated alkanes) is 44. The highest BCUT2D eigenvalue weighted by Gasteiger charge is 2.24. The van der Waals surface area contributed by atoms with E-state index in [4.69, 9.17) is 9.05 Å². The topological polar surface area (TPSA) is 108 Å². The third-order valence-electron chi connectivity index (χ3n) is 14.3. The summed E-state index contributed by atoms with van der Waals surface area (Å²) >= 11 is 0. The Hall–Kier alpha value is -0.500. The van der Waals surface area contributed by atoms with Gasteiger partial charge in [0, 0.05) is 6.42 Å². The summed E-state index contributed by atoms with van der Waals surface area (Å²) in [6.45, 7) is 4.75. The molecule has 0 aliphatic carbocycles. The van der Waals surface area contributed by atoms with Crippen LogP contribution in [0.3, 0.4) is 0 Å². The predicted molar refractivity (Wildman–Crippen MR) is 293 cm³/mol. The lowest BCUT2D eigenvalue weighted by Gasteiger charge is -2.30. The van der Waals surface area contributed by atoms with Gasteiger partial charge in [-0.3, -0.25) is 9.36 Å². The molecule has 0 bridgehead atoms. The molecule has 0 aliphatic heterocycles. The lowest BCUT2D eigenvalue weighted by atomic mass is 10.0. The summed E-state index contributed by atoms with van der Waals surface area (Å²) < 4.78 is 23.3. The van der Waals surface area contributed by atoms with Crippen molar-refractivity contribution in [1.29, 1.82) is 0 Å². The summed E-state index contributed by atoms with van der Waals surface area (Å²) in [5, 5.41) is 14.0. The summed E-state index contributed by atoms with van der Waals surface area (Å²) in [4.78, 5) is 25.4. The number of carbonyl (C=O) groups excluding carboxylic acids is 1. The summed E-state index contributed by atoms with van der Waals surface area (Å²) in [6.07, 6.45) is 61.8. The maximum absolute atomic E-state index is 12.9. The number of hydrogen-bond donors (Lipinski definition) is 2. The Labute approximate surface area is 425 Å². The zero-order valence-electron chi connectivity index (χ0n) is 46.6. The van der Waals surface area contributed by atoms with Crippen molar-refractivity contribution < 1.29 is 32.9 Å². The smallest absolute Gasteiger partial charge is 0.268 e. The van der Waals surface area contributed by atoms with Crippen molar-refractivity contribution in [1.82, 2.24) is 5.32 Å². The SMILES string of the molecule is CCCCCCCCCCCCCCCCCCCCCCCCCCCCCCCCCCCCCC(=O)NC(COP(=O)([O-])OCC[N+](C)(C)C)C(O)CCCCCCCCCCCCC. The van der Waals surface area contributed by atoms with Crippen molar-refractivity contribution in [2.45, 2.75) is 334 Å². The van der Waals surface area contributed by atoms with Crippen molar-refractivity contribution in [2.24, 2.45) is 0 Å². The molecule has 0 spiro atoms. The van der Waals surface area contributed by atoms with Gasteiger partial charge in [0.25, 0.3) is 7.82 Å². The molecule has 0 fully saturated rings. The third kappa shape index (κ3) is 53.3. The predicted octanol–water partition coefficient (Wildman–Crippen LogP) is 17.8. The molecule has 9 heteroatoms. The summed E-state index contributed by atoms with van der Waals surface area (Å²) in [6, 6.07) is -0.794. The van der Waals surface area contributed by atoms with Crippen molar-refractivity contribution in [3.63, 3.8) is 0 Å². The van der Waals surface area contributed by atoms with Crippen LogP contribution in [0.25, 0.3) is 0 Å². The van der Waals surface area contributed by atoms with E-state index in [9.17, 15) is 19.4 Å². The van der Waals surface area contributed by atoms with E-state index >= 15 is 0 Å². The average Bonchev–Trinajstić information content (AvgIpc) is 3.30. The van der Waals surface area contributed by atoms with Crippen molar-refractivity contribution in [3.05, 3.63) is 0 Å². The van der Waals surface area contributed by atoms with Crippen LogP contribution in [0.5, 0.6) is 0 Å². The Morgan fingerprint density at radius 1 is 0.456 bits per heavy atom. The van der Waals surface area contributed by atoms with Crippen LogP contribution in [0, 0.1) is 0 Å². The fourth-order valence-corrected chi connectivity index (χ4v) is 10.3. The minimum Gasteiger partial charge on any atom is -0.756 e. The lowest BCUT2D eigenvalue weighted by molar-refractivity contribution is -0.870. The number of amides is 1. The van der Waals surface area contributed by atoms with Crippen LogP contribution < -0.4 is 10.2 Å². The molecule has 408 valence electrons. The number of phosphoric acid groups is 1. The van der Waals surface area contributed by atoms with Crippen LogP contribution >= 0.6 is 7.82 Å². The summed E-state index contributed by atoms with van der Waals surface area (Å²) in [5.41, 5.74) is 0. The zero-order chi connectivity index (χ0) is 49.9. The highest BCUT2D eigenvalue weighted by atomic mass is 31.2. The summed E-state index contributed by atoms with van der Waals surface area (Å²) in [7, 11) is 1.32. The van der Waals surface area contributed by atoms with Crippen molar-refractivity contribution in [2.75, 3.05) is 40.9 Å². The van der Waals surface area contributed by atoms with E-state index < -0.39 is 20.0 Å². The zero-order valence-corrected chi connectivity index (χ0v) is 47.5. The van der Waals surface area contributed by atoms with Gasteiger partial charge in [0.15, 0.2) is 0 Å². The number of likely N-dealkylation sites (N-methyl/N-ethyl adjacent to an activating group) is 1. The quantitative estimate of drug-likeness (QED) is 0.0357. The van der Waals surface area contributed by atoms with Gasteiger partial charge in [-0.2, -0.15) is 0 Å². The van der Waals surface area contributed by atoms with Gasteiger partial charge in [0.1, 0.15) is 13.2 Å². The molecule has 0 rings (SSSR count). The Bertz CT molecular complexity index is 1070. The van der Waals surface area contributed by atoms with E-state index in [1.807, 2.05) is 21.1 Å². The molecule has 0 aromatic heterocycles. The molecular formula is C59H121N2O6P. The van der Waals surface area contributed by atoms with Gasteiger partial charge in [0.2, 0.25) is 5.91 Å². The molecule has 8 nitrogen and oxygen atoms in total. The maximum Gasteiger partial charge on any atom is 0.268 e. The fourth-order valence-electron chi connectivity index (χ4n) is 9.57. The van der Waals surface area contributed by atoms with Crippen LogP contribution in [0.15, 0.2) is 0 Å². The average molecular weight is 986 g/mol. The van der Waals surface area contributed by atoms with Gasteiger partial charge in [-0.15, -0.1) is 0 Å². The van der Waals surface area contributed by atoms with E-state index in [0.29, 0.717) is 23.9 Å². The molecule has 2 N–H and O–H groups in total. The number of aliphatic hydroxyl groups excluding tert-OH is 1. The number of quaternary nitrogens is 1. The molecule has 0 radical (unpaired) electrons. The van der Waals surface area contributed by atoms with E-state index in [-0.39, 0.29) is 19.1 Å². The highest BCUT2D eigenvalue weighted by Crippen LogP contribution is 2.38. The molecule has 0 aliphatic rings. The van der Waals surface area contributed by atoms with Gasteiger partial charge in [-0.1, -0.05) is 303 Å². The maximum atomic E-state index is 12.9. The molecule has 0 saturated carbocycles. The van der Waals surface area contributed by atoms with E-state index in [0.717, 1.165) is 38.5 Å². The Balaban J connectivity index is 3.83. The fraction of sp³-hybridized carbons (Fsp3) is 0.983. The van der Waals surface area contributed by atoms with Gasteiger partial charge >= 0.3 is 0 Å². The van der Waals surface area contributed by atoms with Gasteiger partial charge < -0.3 is 28.8 Å². The van der Waals surface area contributed by atoms with E-state index in [2.05, 4.69) is 19.2 Å². The highest BCUT2D eigenvalue weighted by molar-refractivity contribution is 7.45. The van der Waals surface area contributed by atoms with Gasteiger partial charge in [-0.25, -0.2) is 0 Å². The second-order valence-corrected chi connectivity index (χ2v) is 23.8. The lowest BCUT2D eigenvalue weighted by Crippen LogP contribution is -2.46. The molecule has 1 amide bonds. The third-order valence-corrected chi connectivity index (χ3v) is 15.3. The second-order valence-electron chi connectivity index (χ2n) is 22.4. The van der Waals surface area contributed by atoms with Crippen LogP contribution in [0.2, 0.25) is 0 Å². The number of rotatable bonds is 57. The number of hydrogen-bond acceptors (Lipinski definition) is 6. The van der Waals surface area contributed by atoms with Crippen LogP contribution in [-0.4, -0.2) is 68.5 Å². The van der Waals surface area contributed by atoms with E-state index in [1.54, 1.807) is 0 Å². The minimum absolute atomic E-state index is 0.0162. The first-order valence-corrected chi connectivity index (χ1v) is 31.8. The monoisotopic (exact) mass is 985 g/mol. The summed E-state index contributed by atoms with van der Waals surface area (Å²) in [5.74, 6) is -0.158. The first-order valence-electron chi connectivity index (χ1n) is 30.4. The molecule has 0 heterocycles. The van der Waals surface area contributed by atoms with Crippen LogP contribution in [0.1, 0.15) is 322 Å². The number of nitrogens with one attached hydrogen (secondary N) is 1. The van der Waals surface area contributed by atoms with Crippen molar-refractivity contribution in [3.8, 4) is 0 Å². The normalized spacial score (nSPS) is 13.8. The molecule has 3 atom stereocenters. The molecule has 0 saturated heterocycles. The second kappa shape index (κ2) is 51.4. The number of phosphoric ester groups is 1. The molecule has 3 unspecified atom stereocenters. The van der Waals surface area contributed by atoms with Gasteiger partial charge in [-0.05, 0) is 12.8 Å². The van der Waals surface area contributed by atoms with Crippen molar-refractivity contribution >= 4 is 13.7 Å². The Morgan fingerprint density at radius 2 is 0.721 bits per heavy atom. The standard InChI is InChI=1S/C59H121N2O6P/c1-6-8-10-12-14-16-18-19-20-21-22-23-24-25-26-27-28-29-30-31-32-33-34-35-36-37-38-39-40-41-43-45-47-49-51-53-59(63)60-57(56-67-68(64,65)66-55-54-61(3,4)5)58(62)52-50-48-46-44-42-17-15-13-11-9-7-2/h57-58,62H,6-56H2,1-5H3,(H-,60,63,64,65). The van der Waals surface area contributed by atoms with Crippen LogP contribution in [0.4, 0.5) is 0 Å². The minimum atomic E-state index is -4.56. The molecule has 0 aromatic rings. The molecule has 68 heavy (non-hydrogen) atoms. The van der Waals surface area contributed by atoms with Crippen LogP contribution in [-0.2, 0) is 18.4 Å². The largest absolute Gasteiger partial charge is 0.756 e. The molecular weight excluding hydrogens is 864 g/mol. The van der Waals surface area contributed by atoms with Gasteiger partial charge in [0.05, 0.1) is 39.9 Å². The number of nitrogens with zero attached hydrogens (tertiary/aromatic N) is 1. The Morgan fingerprint density at radius 3 is 1.00 bits per heavy atom. The van der Waals surface area contributed by atoms with E-state index in [1.165, 1.54) is 257 Å². The first-order chi connectivity index (χ1) is 33.0.